The van der Waals surface area contributed by atoms with Crippen LogP contribution in [0.1, 0.15) is 43.1 Å². The molecule has 2 heterocycles. The Bertz CT molecular complexity index is 968. The van der Waals surface area contributed by atoms with Crippen LogP contribution in [0.4, 0.5) is 0 Å². The highest BCUT2D eigenvalue weighted by atomic mass is 35.5. The van der Waals surface area contributed by atoms with E-state index in [1.807, 2.05) is 29.4 Å². The Labute approximate surface area is 181 Å². The molecule has 0 radical (unpaired) electrons. The van der Waals surface area contributed by atoms with E-state index in [0.29, 0.717) is 12.8 Å². The van der Waals surface area contributed by atoms with Crippen molar-refractivity contribution in [2.24, 2.45) is 5.10 Å². The number of alkyl halides is 1. The molecule has 2 aromatic rings. The van der Waals surface area contributed by atoms with Crippen molar-refractivity contribution >= 4 is 23.0 Å². The van der Waals surface area contributed by atoms with Crippen molar-refractivity contribution in [3.8, 4) is 0 Å². The Hall–Kier alpha value is -2.61. The smallest absolute Gasteiger partial charge is 0.171 e. The molecule has 1 aromatic carbocycles. The molecule has 0 saturated heterocycles. The van der Waals surface area contributed by atoms with E-state index in [1.54, 1.807) is 12.4 Å². The average Bonchev–Trinajstić information content (AvgIpc) is 3.44. The number of nitrogens with zero attached hydrogens (tertiary/aromatic N) is 3. The maximum Gasteiger partial charge on any atom is 0.171 e. The molecule has 1 aliphatic carbocycles. The molecule has 0 fully saturated rings. The first-order valence-electron chi connectivity index (χ1n) is 10.3. The topological polar surface area (TPSA) is 88.6 Å². The van der Waals surface area contributed by atoms with Crippen molar-refractivity contribution in [2.75, 3.05) is 13.2 Å². The molecule has 0 bridgehead atoms. The van der Waals surface area contributed by atoms with Crippen molar-refractivity contribution in [1.82, 2.24) is 26.0 Å². The van der Waals surface area contributed by atoms with Gasteiger partial charge in [0, 0.05) is 30.9 Å². The van der Waals surface area contributed by atoms with Crippen molar-refractivity contribution in [1.29, 1.82) is 0 Å². The molecular formula is C22H27ClN6O. The van der Waals surface area contributed by atoms with Crippen LogP contribution in [0, 0.1) is 0 Å². The lowest BCUT2D eigenvalue weighted by molar-refractivity contribution is 0.177. The first-order valence-corrected chi connectivity index (χ1v) is 10.7. The van der Waals surface area contributed by atoms with Crippen molar-refractivity contribution < 1.29 is 5.11 Å². The van der Waals surface area contributed by atoms with Gasteiger partial charge in [0.2, 0.25) is 0 Å². The van der Waals surface area contributed by atoms with Gasteiger partial charge in [-0.25, -0.2) is 10.5 Å². The van der Waals surface area contributed by atoms with Crippen molar-refractivity contribution in [3.63, 3.8) is 0 Å². The zero-order valence-electron chi connectivity index (χ0n) is 17.0. The van der Waals surface area contributed by atoms with Gasteiger partial charge in [-0.05, 0) is 29.6 Å². The number of H-pyrrole nitrogens is 1. The molecule has 30 heavy (non-hydrogen) atoms. The number of aliphatic hydroxyl groups is 1. The number of amidine groups is 1. The number of aliphatic hydroxyl groups excluding tert-OH is 1. The van der Waals surface area contributed by atoms with Crippen LogP contribution in [-0.2, 0) is 6.42 Å². The second-order valence-electron chi connectivity index (χ2n) is 7.59. The molecule has 4 N–H and O–H groups in total. The molecule has 1 aliphatic heterocycles. The van der Waals surface area contributed by atoms with Crippen molar-refractivity contribution in [3.05, 3.63) is 71.3 Å². The zero-order valence-corrected chi connectivity index (χ0v) is 17.8. The zero-order chi connectivity index (χ0) is 21.0. The number of rotatable bonds is 8. The number of halogens is 1. The van der Waals surface area contributed by atoms with E-state index in [1.165, 1.54) is 0 Å². The Morgan fingerprint density at radius 1 is 1.27 bits per heavy atom. The quantitative estimate of drug-likeness (QED) is 0.487. The average molecular weight is 427 g/mol. The predicted molar refractivity (Wildman–Crippen MR) is 120 cm³/mol. The first kappa shape index (κ1) is 20.7. The summed E-state index contributed by atoms with van der Waals surface area (Å²) >= 11 is 6.93. The van der Waals surface area contributed by atoms with Crippen LogP contribution >= 0.6 is 11.6 Å². The van der Waals surface area contributed by atoms with Gasteiger partial charge in [-0.2, -0.15) is 0 Å². The molecular weight excluding hydrogens is 400 g/mol. The Kier molecular flexibility index (Phi) is 6.22. The number of hydrogen-bond donors (Lipinski definition) is 4. The maximum absolute atomic E-state index is 10.1. The van der Waals surface area contributed by atoms with E-state index in [4.69, 9.17) is 11.6 Å². The summed E-state index contributed by atoms with van der Waals surface area (Å²) in [6.07, 6.45) is 11.0. The van der Waals surface area contributed by atoms with E-state index in [-0.39, 0.29) is 6.61 Å². The molecule has 1 unspecified atom stereocenters. The molecule has 1 atom stereocenters. The van der Waals surface area contributed by atoms with Crippen LogP contribution in [-0.4, -0.2) is 44.1 Å². The molecule has 7 nitrogen and oxygen atoms in total. The Balaban J connectivity index is 1.58. The lowest BCUT2D eigenvalue weighted by Crippen LogP contribution is -2.42. The van der Waals surface area contributed by atoms with Gasteiger partial charge in [-0.1, -0.05) is 49.8 Å². The largest absolute Gasteiger partial charge is 0.392 e. The molecule has 0 saturated carbocycles. The Morgan fingerprint density at radius 2 is 2.10 bits per heavy atom. The fourth-order valence-corrected chi connectivity index (χ4v) is 4.09. The van der Waals surface area contributed by atoms with E-state index in [2.05, 4.69) is 45.1 Å². The number of nitrogens with one attached hydrogen (secondary N) is 3. The van der Waals surface area contributed by atoms with Crippen LogP contribution in [0.3, 0.4) is 0 Å². The highest BCUT2D eigenvalue weighted by molar-refractivity contribution is 6.26. The van der Waals surface area contributed by atoms with Gasteiger partial charge in [0.1, 0.15) is 5.82 Å². The van der Waals surface area contributed by atoms with Gasteiger partial charge in [0.05, 0.1) is 11.5 Å². The number of hydrazine groups is 2. The number of imidazole rings is 1. The molecule has 2 aliphatic rings. The minimum Gasteiger partial charge on any atom is -0.392 e. The normalized spacial score (nSPS) is 21.5. The third-order valence-corrected chi connectivity index (χ3v) is 6.01. The number of unbranched alkanes of at least 4 members (excludes halogenated alkanes) is 1. The molecule has 8 heteroatoms. The van der Waals surface area contributed by atoms with Crippen LogP contribution in [0.25, 0.3) is 5.57 Å². The van der Waals surface area contributed by atoms with Crippen LogP contribution < -0.4 is 11.0 Å². The van der Waals surface area contributed by atoms with E-state index >= 15 is 0 Å². The molecule has 0 spiro atoms. The lowest BCUT2D eigenvalue weighted by atomic mass is 9.82. The fraction of sp³-hybridized carbons (Fsp3) is 0.364. The summed E-state index contributed by atoms with van der Waals surface area (Å²) < 4.78 is 0. The monoisotopic (exact) mass is 426 g/mol. The number of allylic oxidation sites excluding steroid dienone is 3. The number of aromatic amines is 1. The first-order chi connectivity index (χ1) is 14.6. The van der Waals surface area contributed by atoms with Gasteiger partial charge in [-0.15, -0.1) is 21.8 Å². The van der Waals surface area contributed by atoms with Crippen molar-refractivity contribution in [2.45, 2.75) is 37.5 Å². The highest BCUT2D eigenvalue weighted by Gasteiger charge is 2.35. The summed E-state index contributed by atoms with van der Waals surface area (Å²) in [5.74, 6) is 1.59. The minimum absolute atomic E-state index is 0.102. The van der Waals surface area contributed by atoms with Crippen LogP contribution in [0.5, 0.6) is 0 Å². The molecule has 4 rings (SSSR count). The number of aromatic nitrogens is 2. The lowest BCUT2D eigenvalue weighted by Gasteiger charge is -2.31. The number of benzene rings is 1. The maximum atomic E-state index is 10.1. The molecule has 0 amide bonds. The third kappa shape index (κ3) is 4.28. The van der Waals surface area contributed by atoms with E-state index in [0.717, 1.165) is 53.3 Å². The van der Waals surface area contributed by atoms with Crippen LogP contribution in [0.2, 0.25) is 0 Å². The number of hydrogen-bond acceptors (Lipinski definition) is 6. The highest BCUT2D eigenvalue weighted by Crippen LogP contribution is 2.39. The predicted octanol–water partition coefficient (Wildman–Crippen LogP) is 3.12. The van der Waals surface area contributed by atoms with Gasteiger partial charge < -0.3 is 10.1 Å². The van der Waals surface area contributed by atoms with Gasteiger partial charge in [0.25, 0.3) is 0 Å². The second kappa shape index (κ2) is 9.04. The van der Waals surface area contributed by atoms with Crippen LogP contribution in [0.15, 0.2) is 59.5 Å². The summed E-state index contributed by atoms with van der Waals surface area (Å²) in [5, 5.41) is 16.4. The third-order valence-electron chi connectivity index (χ3n) is 5.48. The fourth-order valence-electron chi connectivity index (χ4n) is 3.77. The summed E-state index contributed by atoms with van der Waals surface area (Å²) in [7, 11) is 0. The van der Waals surface area contributed by atoms with Gasteiger partial charge >= 0.3 is 0 Å². The summed E-state index contributed by atoms with van der Waals surface area (Å²) in [5.41, 5.74) is 10.2. The minimum atomic E-state index is -0.688. The molecule has 158 valence electrons. The summed E-state index contributed by atoms with van der Waals surface area (Å²) in [4.78, 5) is 6.70. The molecule has 1 aromatic heterocycles. The van der Waals surface area contributed by atoms with Gasteiger partial charge in [0.15, 0.2) is 5.84 Å². The Morgan fingerprint density at radius 3 is 2.83 bits per heavy atom. The standard InChI is InChI=1S/C22H27ClN6O/c1-2-3-12-29-27-21(26-28-29)19-7-5-4-6-18(19)16-8-9-22(23,17(13-16)15-30)14-20-24-10-11-25-20/h4-8,10-11,13,28,30H,2-3,9,12,14-15H2,1H3,(H,24,25)(H,26,27). The summed E-state index contributed by atoms with van der Waals surface area (Å²) in [6.45, 7) is 2.93. The van der Waals surface area contributed by atoms with E-state index in [9.17, 15) is 5.11 Å². The second-order valence-corrected chi connectivity index (χ2v) is 8.32. The SMILES string of the molecule is CCCCN1NN=C(c2ccccc2C2=CCC(Cl)(Cc3ncc[nH]3)C(CO)=C2)N1. The van der Waals surface area contributed by atoms with Gasteiger partial charge in [-0.3, -0.25) is 5.43 Å². The summed E-state index contributed by atoms with van der Waals surface area (Å²) in [6, 6.07) is 8.13. The van der Waals surface area contributed by atoms with E-state index < -0.39 is 4.87 Å². The number of hydrazone groups is 1.